The maximum Gasteiger partial charge on any atom is 0.306 e. The van der Waals surface area contributed by atoms with E-state index in [1.165, 1.54) is 44.9 Å². The van der Waals surface area contributed by atoms with Gasteiger partial charge in [-0.3, -0.25) is 14.4 Å². The van der Waals surface area contributed by atoms with Gasteiger partial charge in [0.25, 0.3) is 0 Å². The lowest BCUT2D eigenvalue weighted by molar-refractivity contribution is -0.167. The van der Waals surface area contributed by atoms with Crippen LogP contribution >= 0.6 is 0 Å². The van der Waals surface area contributed by atoms with Gasteiger partial charge in [-0.2, -0.15) is 0 Å². The zero-order chi connectivity index (χ0) is 43.0. The summed E-state index contributed by atoms with van der Waals surface area (Å²) < 4.78 is 16.7. The Labute approximate surface area is 363 Å². The van der Waals surface area contributed by atoms with Crippen LogP contribution in [-0.4, -0.2) is 37.2 Å². The van der Waals surface area contributed by atoms with Crippen LogP contribution in [0, 0.1) is 0 Å². The van der Waals surface area contributed by atoms with Crippen LogP contribution in [0.25, 0.3) is 0 Å². The Morgan fingerprint density at radius 2 is 0.661 bits per heavy atom. The van der Waals surface area contributed by atoms with Crippen LogP contribution in [0.2, 0.25) is 0 Å². The molecule has 0 saturated carbocycles. The summed E-state index contributed by atoms with van der Waals surface area (Å²) in [6.07, 6.45) is 59.9. The summed E-state index contributed by atoms with van der Waals surface area (Å²) in [6.45, 7) is 6.32. The summed E-state index contributed by atoms with van der Waals surface area (Å²) in [7, 11) is 0. The molecule has 1 unspecified atom stereocenters. The average molecular weight is 821 g/mol. The predicted octanol–water partition coefficient (Wildman–Crippen LogP) is 15.6. The van der Waals surface area contributed by atoms with E-state index in [1.54, 1.807) is 0 Å². The molecule has 0 radical (unpaired) electrons. The molecule has 0 fully saturated rings. The average Bonchev–Trinajstić information content (AvgIpc) is 3.23. The summed E-state index contributed by atoms with van der Waals surface area (Å²) in [6, 6.07) is 0. The molecule has 0 amide bonds. The number of ether oxygens (including phenoxy) is 3. The minimum atomic E-state index is -0.796. The standard InChI is InChI=1S/C53H88O6/c1-4-7-10-13-16-19-22-24-26-27-29-31-34-37-40-43-46-52(55)58-49-50(48-57-51(54)45-42-39-36-33-30-21-18-15-12-9-6-3)59-53(56)47-44-41-38-35-32-28-25-23-20-17-14-11-8-5-2/h7-8,10-11,15-20,24-26,28,50H,4-6,9,12-14,21-23,27,29-49H2,1-3H3/b10-7-,11-8-,18-15-,19-16-,20-17-,26-24-,28-25-. The predicted molar refractivity (Wildman–Crippen MR) is 251 cm³/mol. The minimum Gasteiger partial charge on any atom is -0.462 e. The molecule has 0 aromatic heterocycles. The number of carbonyl (C=O) groups excluding carboxylic acids is 3. The Balaban J connectivity index is 4.45. The number of allylic oxidation sites excluding steroid dienone is 14. The van der Waals surface area contributed by atoms with Crippen LogP contribution in [0.3, 0.4) is 0 Å². The maximum absolute atomic E-state index is 12.7. The quantitative estimate of drug-likeness (QED) is 0.0264. The van der Waals surface area contributed by atoms with Crippen LogP contribution in [0.4, 0.5) is 0 Å². The number of esters is 3. The first-order valence-corrected chi connectivity index (χ1v) is 24.1. The van der Waals surface area contributed by atoms with E-state index in [0.717, 1.165) is 128 Å². The summed E-state index contributed by atoms with van der Waals surface area (Å²) in [4.78, 5) is 37.8. The molecule has 0 saturated heterocycles. The van der Waals surface area contributed by atoms with Crippen LogP contribution in [0.5, 0.6) is 0 Å². The van der Waals surface area contributed by atoms with Gasteiger partial charge in [-0.1, -0.05) is 176 Å². The van der Waals surface area contributed by atoms with Gasteiger partial charge in [0.1, 0.15) is 13.2 Å². The third-order valence-electron chi connectivity index (χ3n) is 9.86. The number of unbranched alkanes of at least 4 members (excludes halogenated alkanes) is 17. The van der Waals surface area contributed by atoms with Crippen molar-refractivity contribution in [3.05, 3.63) is 85.1 Å². The summed E-state index contributed by atoms with van der Waals surface area (Å²) in [5.74, 6) is -0.946. The lowest BCUT2D eigenvalue weighted by atomic mass is 10.1. The molecule has 0 heterocycles. The van der Waals surface area contributed by atoms with E-state index in [-0.39, 0.29) is 31.1 Å². The van der Waals surface area contributed by atoms with Crippen LogP contribution in [0.15, 0.2) is 85.1 Å². The summed E-state index contributed by atoms with van der Waals surface area (Å²) in [5.41, 5.74) is 0. The van der Waals surface area contributed by atoms with Crippen molar-refractivity contribution < 1.29 is 28.6 Å². The number of rotatable bonds is 42. The normalized spacial score (nSPS) is 12.8. The zero-order valence-electron chi connectivity index (χ0n) is 38.2. The van der Waals surface area contributed by atoms with Gasteiger partial charge in [-0.15, -0.1) is 0 Å². The Morgan fingerprint density at radius 1 is 0.356 bits per heavy atom. The number of carbonyl (C=O) groups is 3. The Morgan fingerprint density at radius 3 is 1.05 bits per heavy atom. The molecule has 0 aliphatic heterocycles. The van der Waals surface area contributed by atoms with E-state index in [9.17, 15) is 14.4 Å². The lowest BCUT2D eigenvalue weighted by Crippen LogP contribution is -2.30. The van der Waals surface area contributed by atoms with E-state index in [2.05, 4.69) is 106 Å². The van der Waals surface area contributed by atoms with Gasteiger partial charge >= 0.3 is 17.9 Å². The Hall–Kier alpha value is -3.41. The van der Waals surface area contributed by atoms with E-state index in [4.69, 9.17) is 14.2 Å². The highest BCUT2D eigenvalue weighted by molar-refractivity contribution is 5.71. The smallest absolute Gasteiger partial charge is 0.306 e. The second-order valence-electron chi connectivity index (χ2n) is 15.6. The number of hydrogen-bond acceptors (Lipinski definition) is 6. The zero-order valence-corrected chi connectivity index (χ0v) is 38.2. The van der Waals surface area contributed by atoms with Crippen LogP contribution in [0.1, 0.15) is 213 Å². The molecule has 6 nitrogen and oxygen atoms in total. The lowest BCUT2D eigenvalue weighted by Gasteiger charge is -2.18. The topological polar surface area (TPSA) is 78.9 Å². The van der Waals surface area contributed by atoms with Crippen molar-refractivity contribution in [3.63, 3.8) is 0 Å². The fraction of sp³-hybridized carbons (Fsp3) is 0.679. The van der Waals surface area contributed by atoms with Crippen molar-refractivity contribution in [1.82, 2.24) is 0 Å². The van der Waals surface area contributed by atoms with Gasteiger partial charge in [-0.05, 0) is 103 Å². The van der Waals surface area contributed by atoms with Gasteiger partial charge in [0.2, 0.25) is 0 Å². The molecule has 59 heavy (non-hydrogen) atoms. The second kappa shape index (κ2) is 47.3. The van der Waals surface area contributed by atoms with Crippen molar-refractivity contribution in [2.75, 3.05) is 13.2 Å². The first-order valence-electron chi connectivity index (χ1n) is 24.1. The molecule has 1 atom stereocenters. The van der Waals surface area contributed by atoms with Gasteiger partial charge in [0, 0.05) is 19.3 Å². The van der Waals surface area contributed by atoms with Crippen molar-refractivity contribution in [2.24, 2.45) is 0 Å². The summed E-state index contributed by atoms with van der Waals surface area (Å²) >= 11 is 0. The molecule has 0 aromatic carbocycles. The Bertz CT molecular complexity index is 1170. The highest BCUT2D eigenvalue weighted by Crippen LogP contribution is 2.13. The van der Waals surface area contributed by atoms with Crippen LogP contribution in [-0.2, 0) is 28.6 Å². The molecular formula is C53H88O6. The molecule has 6 heteroatoms. The fourth-order valence-electron chi connectivity index (χ4n) is 6.27. The summed E-state index contributed by atoms with van der Waals surface area (Å²) in [5, 5.41) is 0. The molecule has 0 spiro atoms. The fourth-order valence-corrected chi connectivity index (χ4v) is 6.27. The van der Waals surface area contributed by atoms with Crippen molar-refractivity contribution in [2.45, 2.75) is 219 Å². The van der Waals surface area contributed by atoms with E-state index < -0.39 is 6.10 Å². The van der Waals surface area contributed by atoms with Gasteiger partial charge < -0.3 is 14.2 Å². The van der Waals surface area contributed by atoms with Crippen molar-refractivity contribution in [3.8, 4) is 0 Å². The van der Waals surface area contributed by atoms with Crippen molar-refractivity contribution in [1.29, 1.82) is 0 Å². The molecular weight excluding hydrogens is 733 g/mol. The maximum atomic E-state index is 12.7. The monoisotopic (exact) mass is 821 g/mol. The first-order chi connectivity index (χ1) is 29.0. The minimum absolute atomic E-state index is 0.0955. The molecule has 0 aliphatic rings. The first kappa shape index (κ1) is 55.6. The van der Waals surface area contributed by atoms with Crippen LogP contribution < -0.4 is 0 Å². The molecule has 0 rings (SSSR count). The highest BCUT2D eigenvalue weighted by atomic mass is 16.6. The second-order valence-corrected chi connectivity index (χ2v) is 15.6. The third-order valence-corrected chi connectivity index (χ3v) is 9.86. The molecule has 0 aromatic rings. The van der Waals surface area contributed by atoms with E-state index in [1.807, 2.05) is 0 Å². The SMILES string of the molecule is CC/C=C\C/C=C\C/C=C\CCCCCCCCC(=O)OCC(COC(=O)CCCCCCC/C=C\CCCC)OC(=O)CCCCCC/C=C\C/C=C\C/C=C\CC. The molecule has 0 bridgehead atoms. The third kappa shape index (κ3) is 45.5. The van der Waals surface area contributed by atoms with E-state index >= 15 is 0 Å². The largest absolute Gasteiger partial charge is 0.462 e. The van der Waals surface area contributed by atoms with Crippen molar-refractivity contribution >= 4 is 17.9 Å². The number of hydrogen-bond donors (Lipinski definition) is 0. The van der Waals surface area contributed by atoms with E-state index in [0.29, 0.717) is 19.3 Å². The molecule has 0 aliphatic carbocycles. The molecule has 0 N–H and O–H groups in total. The highest BCUT2D eigenvalue weighted by Gasteiger charge is 2.19. The Kier molecular flexibility index (Phi) is 44.5. The van der Waals surface area contributed by atoms with Gasteiger partial charge in [-0.25, -0.2) is 0 Å². The molecule has 336 valence electrons. The van der Waals surface area contributed by atoms with Gasteiger partial charge in [0.05, 0.1) is 0 Å². The van der Waals surface area contributed by atoms with Gasteiger partial charge in [0.15, 0.2) is 6.10 Å².